The number of hydrogen-bond donors (Lipinski definition) is 1. The van der Waals surface area contributed by atoms with E-state index in [1.165, 1.54) is 4.90 Å². The summed E-state index contributed by atoms with van der Waals surface area (Å²) in [6.45, 7) is 0.824. The predicted octanol–water partition coefficient (Wildman–Crippen LogP) is 0.205. The Morgan fingerprint density at radius 3 is 2.35 bits per heavy atom. The zero-order valence-electron chi connectivity index (χ0n) is 11.6. The second-order valence-corrected chi connectivity index (χ2v) is 4.48. The van der Waals surface area contributed by atoms with E-state index in [0.717, 1.165) is 5.56 Å². The molecule has 0 saturated carbocycles. The second kappa shape index (κ2) is 6.38. The van der Waals surface area contributed by atoms with Crippen molar-refractivity contribution in [2.45, 2.75) is 6.42 Å². The van der Waals surface area contributed by atoms with Crippen LogP contribution in [-0.2, 0) is 16.0 Å². The zero-order valence-corrected chi connectivity index (χ0v) is 11.6. The zero-order chi connectivity index (χ0) is 14.5. The first-order valence-electron chi connectivity index (χ1n) is 6.40. The molecule has 0 bridgehead atoms. The molecule has 20 heavy (non-hydrogen) atoms. The van der Waals surface area contributed by atoms with Crippen LogP contribution in [0, 0.1) is 0 Å². The van der Waals surface area contributed by atoms with E-state index < -0.39 is 0 Å². The molecule has 0 aromatic heterocycles. The molecule has 1 fully saturated rings. The fraction of sp³-hybridized carbons (Fsp3) is 0.429. The van der Waals surface area contributed by atoms with Gasteiger partial charge in [0, 0.05) is 6.54 Å². The Balaban J connectivity index is 2.03. The summed E-state index contributed by atoms with van der Waals surface area (Å²) in [5.74, 6) is 0.942. The second-order valence-electron chi connectivity index (χ2n) is 4.48. The topological polar surface area (TPSA) is 67.9 Å². The third-order valence-electron chi connectivity index (χ3n) is 3.23. The van der Waals surface area contributed by atoms with Crippen molar-refractivity contribution in [2.75, 3.05) is 33.9 Å². The van der Waals surface area contributed by atoms with E-state index >= 15 is 0 Å². The molecule has 6 nitrogen and oxygen atoms in total. The van der Waals surface area contributed by atoms with Gasteiger partial charge in [0.05, 0.1) is 27.3 Å². The van der Waals surface area contributed by atoms with E-state index in [-0.39, 0.29) is 24.9 Å². The van der Waals surface area contributed by atoms with Crippen molar-refractivity contribution in [3.05, 3.63) is 23.8 Å². The summed E-state index contributed by atoms with van der Waals surface area (Å²) in [6, 6.07) is 5.57. The summed E-state index contributed by atoms with van der Waals surface area (Å²) >= 11 is 0. The number of carbonyl (C=O) groups is 2. The number of imide groups is 1. The van der Waals surface area contributed by atoms with Crippen molar-refractivity contribution in [3.8, 4) is 11.5 Å². The van der Waals surface area contributed by atoms with Gasteiger partial charge >= 0.3 is 0 Å². The molecule has 6 heteroatoms. The normalized spacial score (nSPS) is 15.4. The Hall–Kier alpha value is -2.08. The number of piperazine rings is 1. The van der Waals surface area contributed by atoms with Gasteiger partial charge in [0.1, 0.15) is 0 Å². The first kappa shape index (κ1) is 14.3. The van der Waals surface area contributed by atoms with Gasteiger partial charge in [0.15, 0.2) is 11.5 Å². The fourth-order valence-electron chi connectivity index (χ4n) is 2.13. The Kier molecular flexibility index (Phi) is 4.57. The molecule has 0 aliphatic carbocycles. The highest BCUT2D eigenvalue weighted by Gasteiger charge is 2.24. The van der Waals surface area contributed by atoms with E-state index in [2.05, 4.69) is 5.32 Å². The fourth-order valence-corrected chi connectivity index (χ4v) is 2.13. The minimum absolute atomic E-state index is 0.179. The molecule has 2 rings (SSSR count). The number of nitrogens with one attached hydrogen (secondary N) is 1. The van der Waals surface area contributed by atoms with Crippen LogP contribution in [0.5, 0.6) is 11.5 Å². The van der Waals surface area contributed by atoms with Crippen LogP contribution in [0.4, 0.5) is 0 Å². The summed E-state index contributed by atoms with van der Waals surface area (Å²) in [6.07, 6.45) is 0.595. The number of carbonyl (C=O) groups excluding carboxylic acids is 2. The molecule has 0 atom stereocenters. The number of amides is 2. The quantitative estimate of drug-likeness (QED) is 0.780. The molecular weight excluding hydrogens is 260 g/mol. The summed E-state index contributed by atoms with van der Waals surface area (Å²) in [7, 11) is 3.15. The maximum Gasteiger partial charge on any atom is 0.243 e. The maximum atomic E-state index is 11.6. The van der Waals surface area contributed by atoms with Crippen molar-refractivity contribution < 1.29 is 19.1 Å². The average Bonchev–Trinajstić information content (AvgIpc) is 2.46. The highest BCUT2D eigenvalue weighted by molar-refractivity contribution is 5.99. The smallest absolute Gasteiger partial charge is 0.243 e. The van der Waals surface area contributed by atoms with Gasteiger partial charge in [0.2, 0.25) is 11.8 Å². The first-order chi connectivity index (χ1) is 9.65. The highest BCUT2D eigenvalue weighted by atomic mass is 16.5. The standard InChI is InChI=1S/C14H18N2O4/c1-19-11-4-3-10(7-12(11)20-2)5-6-16-13(17)8-15-9-14(16)18/h3-4,7,15H,5-6,8-9H2,1-2H3. The molecule has 2 amide bonds. The Bertz CT molecular complexity index is 500. The predicted molar refractivity (Wildman–Crippen MR) is 72.8 cm³/mol. The molecule has 1 heterocycles. The Morgan fingerprint density at radius 2 is 1.75 bits per heavy atom. The van der Waals surface area contributed by atoms with E-state index in [1.54, 1.807) is 14.2 Å². The molecule has 1 aliphatic rings. The minimum Gasteiger partial charge on any atom is -0.493 e. The van der Waals surface area contributed by atoms with Crippen molar-refractivity contribution in [3.63, 3.8) is 0 Å². The van der Waals surface area contributed by atoms with E-state index in [1.807, 2.05) is 18.2 Å². The summed E-state index contributed by atoms with van der Waals surface area (Å²) in [5.41, 5.74) is 0.988. The lowest BCUT2D eigenvalue weighted by molar-refractivity contribution is -0.146. The van der Waals surface area contributed by atoms with Crippen LogP contribution in [0.15, 0.2) is 18.2 Å². The highest BCUT2D eigenvalue weighted by Crippen LogP contribution is 2.27. The van der Waals surface area contributed by atoms with Gasteiger partial charge in [0.25, 0.3) is 0 Å². The van der Waals surface area contributed by atoms with E-state index in [9.17, 15) is 9.59 Å². The third kappa shape index (κ3) is 3.08. The van der Waals surface area contributed by atoms with Crippen LogP contribution in [0.3, 0.4) is 0 Å². The molecule has 1 N–H and O–H groups in total. The molecular formula is C14H18N2O4. The van der Waals surface area contributed by atoms with Gasteiger partial charge in [-0.05, 0) is 24.1 Å². The van der Waals surface area contributed by atoms with Crippen LogP contribution in [0.25, 0.3) is 0 Å². The molecule has 1 aromatic carbocycles. The Morgan fingerprint density at radius 1 is 1.10 bits per heavy atom. The van der Waals surface area contributed by atoms with Crippen LogP contribution in [-0.4, -0.2) is 50.6 Å². The van der Waals surface area contributed by atoms with Gasteiger partial charge in [-0.2, -0.15) is 0 Å². The maximum absolute atomic E-state index is 11.6. The van der Waals surface area contributed by atoms with Gasteiger partial charge in [-0.1, -0.05) is 6.07 Å². The van der Waals surface area contributed by atoms with Crippen LogP contribution >= 0.6 is 0 Å². The lowest BCUT2D eigenvalue weighted by Crippen LogP contribution is -2.52. The van der Waals surface area contributed by atoms with Crippen molar-refractivity contribution in [1.82, 2.24) is 10.2 Å². The summed E-state index contributed by atoms with van der Waals surface area (Å²) in [5, 5.41) is 2.77. The van der Waals surface area contributed by atoms with Gasteiger partial charge in [-0.15, -0.1) is 0 Å². The number of hydrogen-bond acceptors (Lipinski definition) is 5. The van der Waals surface area contributed by atoms with E-state index in [0.29, 0.717) is 24.5 Å². The number of rotatable bonds is 5. The summed E-state index contributed by atoms with van der Waals surface area (Å²) in [4.78, 5) is 24.6. The molecule has 1 saturated heterocycles. The minimum atomic E-state index is -0.179. The van der Waals surface area contributed by atoms with Crippen LogP contribution < -0.4 is 14.8 Å². The average molecular weight is 278 g/mol. The van der Waals surface area contributed by atoms with Gasteiger partial charge in [-0.25, -0.2) is 0 Å². The molecule has 0 unspecified atom stereocenters. The van der Waals surface area contributed by atoms with Gasteiger partial charge in [-0.3, -0.25) is 19.8 Å². The first-order valence-corrected chi connectivity index (χ1v) is 6.40. The number of benzene rings is 1. The number of nitrogens with zero attached hydrogens (tertiary/aromatic N) is 1. The van der Waals surface area contributed by atoms with Crippen molar-refractivity contribution in [1.29, 1.82) is 0 Å². The molecule has 108 valence electrons. The number of ether oxygens (including phenoxy) is 2. The third-order valence-corrected chi connectivity index (χ3v) is 3.23. The van der Waals surface area contributed by atoms with Crippen LogP contribution in [0.2, 0.25) is 0 Å². The monoisotopic (exact) mass is 278 g/mol. The number of methoxy groups -OCH3 is 2. The van der Waals surface area contributed by atoms with Crippen molar-refractivity contribution in [2.24, 2.45) is 0 Å². The lowest BCUT2D eigenvalue weighted by Gasteiger charge is -2.25. The lowest BCUT2D eigenvalue weighted by atomic mass is 10.1. The molecule has 0 spiro atoms. The van der Waals surface area contributed by atoms with E-state index in [4.69, 9.17) is 9.47 Å². The molecule has 0 radical (unpaired) electrons. The molecule has 1 aliphatic heterocycles. The summed E-state index contributed by atoms with van der Waals surface area (Å²) < 4.78 is 10.4. The Labute approximate surface area is 117 Å². The SMILES string of the molecule is COc1ccc(CCN2C(=O)CNCC2=O)cc1OC. The van der Waals surface area contributed by atoms with Crippen LogP contribution in [0.1, 0.15) is 5.56 Å². The largest absolute Gasteiger partial charge is 0.493 e. The molecule has 1 aromatic rings. The van der Waals surface area contributed by atoms with Gasteiger partial charge < -0.3 is 9.47 Å². The van der Waals surface area contributed by atoms with Crippen molar-refractivity contribution >= 4 is 11.8 Å².